The van der Waals surface area contributed by atoms with Gasteiger partial charge in [0.05, 0.1) is 19.3 Å². The van der Waals surface area contributed by atoms with Gasteiger partial charge in [0.1, 0.15) is 24.0 Å². The van der Waals surface area contributed by atoms with Gasteiger partial charge in [0.2, 0.25) is 0 Å². The smallest absolute Gasteiger partial charge is 0.251 e. The summed E-state index contributed by atoms with van der Waals surface area (Å²) in [5, 5.41) is 10.7. The van der Waals surface area contributed by atoms with E-state index in [-0.39, 0.29) is 23.9 Å². The molecule has 2 aromatic heterocycles. The zero-order valence-electron chi connectivity index (χ0n) is 13.8. The molecule has 0 aliphatic carbocycles. The van der Waals surface area contributed by atoms with Crippen LogP contribution in [0.2, 0.25) is 0 Å². The Hall–Kier alpha value is -3.00. The fourth-order valence-corrected chi connectivity index (χ4v) is 2.89. The standard InChI is InChI=1S/C18H17FN4O3/c19-13-1-3-14(4-2-13)26-16-6-8-25-10-15(16)21-18(24)12-5-7-23-11-20-22-17(23)9-12/h1-5,7,9,11,15-16H,6,8,10H2,(H,21,24)/t15-,16+/m1/s1. The summed E-state index contributed by atoms with van der Waals surface area (Å²) in [7, 11) is 0. The molecule has 1 N–H and O–H groups in total. The number of halogens is 1. The Morgan fingerprint density at radius 2 is 2.15 bits per heavy atom. The van der Waals surface area contributed by atoms with E-state index in [2.05, 4.69) is 15.5 Å². The van der Waals surface area contributed by atoms with Crippen molar-refractivity contribution in [2.45, 2.75) is 18.6 Å². The fraction of sp³-hybridized carbons (Fsp3) is 0.278. The molecule has 4 rings (SSSR count). The first-order valence-electron chi connectivity index (χ1n) is 8.29. The van der Waals surface area contributed by atoms with E-state index in [9.17, 15) is 9.18 Å². The number of rotatable bonds is 4. The van der Waals surface area contributed by atoms with Gasteiger partial charge in [-0.1, -0.05) is 0 Å². The number of benzene rings is 1. The molecule has 0 saturated carbocycles. The van der Waals surface area contributed by atoms with Gasteiger partial charge in [0.15, 0.2) is 5.65 Å². The number of hydrogen-bond acceptors (Lipinski definition) is 5. The highest BCUT2D eigenvalue weighted by molar-refractivity contribution is 5.95. The monoisotopic (exact) mass is 356 g/mol. The molecule has 0 radical (unpaired) electrons. The number of fused-ring (bicyclic) bond motifs is 1. The number of ether oxygens (including phenoxy) is 2. The molecule has 1 fully saturated rings. The summed E-state index contributed by atoms with van der Waals surface area (Å²) < 4.78 is 26.2. The molecule has 0 unspecified atom stereocenters. The maximum absolute atomic E-state index is 13.0. The molecule has 2 atom stereocenters. The van der Waals surface area contributed by atoms with Crippen LogP contribution < -0.4 is 10.1 Å². The van der Waals surface area contributed by atoms with Crippen LogP contribution in [-0.2, 0) is 4.74 Å². The summed E-state index contributed by atoms with van der Waals surface area (Å²) in [5.74, 6) is -0.000752. The Kier molecular flexibility index (Phi) is 4.49. The lowest BCUT2D eigenvalue weighted by Crippen LogP contribution is -2.51. The minimum atomic E-state index is -0.321. The topological polar surface area (TPSA) is 77.8 Å². The maximum Gasteiger partial charge on any atom is 0.251 e. The molecule has 1 saturated heterocycles. The molecule has 3 aromatic rings. The molecule has 1 aliphatic rings. The Labute approximate surface area is 148 Å². The summed E-state index contributed by atoms with van der Waals surface area (Å²) in [6.45, 7) is 0.898. The third kappa shape index (κ3) is 3.50. The van der Waals surface area contributed by atoms with Crippen molar-refractivity contribution in [2.75, 3.05) is 13.2 Å². The Bertz CT molecular complexity index is 912. The van der Waals surface area contributed by atoms with Crippen molar-refractivity contribution >= 4 is 11.6 Å². The van der Waals surface area contributed by atoms with E-state index >= 15 is 0 Å². The zero-order valence-corrected chi connectivity index (χ0v) is 13.8. The summed E-state index contributed by atoms with van der Waals surface area (Å²) in [4.78, 5) is 12.6. The van der Waals surface area contributed by atoms with Gasteiger partial charge >= 0.3 is 0 Å². The van der Waals surface area contributed by atoms with Crippen molar-refractivity contribution in [2.24, 2.45) is 0 Å². The molecule has 8 heteroatoms. The minimum Gasteiger partial charge on any atom is -0.488 e. The number of amides is 1. The van der Waals surface area contributed by atoms with Gasteiger partial charge in [0.25, 0.3) is 5.91 Å². The lowest BCUT2D eigenvalue weighted by Gasteiger charge is -2.32. The van der Waals surface area contributed by atoms with Crippen LogP contribution in [0.3, 0.4) is 0 Å². The predicted molar refractivity (Wildman–Crippen MR) is 90.5 cm³/mol. The van der Waals surface area contributed by atoms with Crippen LogP contribution >= 0.6 is 0 Å². The number of carbonyl (C=O) groups excluding carboxylic acids is 1. The minimum absolute atomic E-state index is 0.237. The average Bonchev–Trinajstić information content (AvgIpc) is 3.13. The summed E-state index contributed by atoms with van der Waals surface area (Å²) >= 11 is 0. The molecular weight excluding hydrogens is 339 g/mol. The first-order valence-corrected chi connectivity index (χ1v) is 8.29. The second-order valence-electron chi connectivity index (χ2n) is 6.07. The Morgan fingerprint density at radius 3 is 3.00 bits per heavy atom. The van der Waals surface area contributed by atoms with Gasteiger partial charge in [-0.2, -0.15) is 0 Å². The summed E-state index contributed by atoms with van der Waals surface area (Å²) in [5.41, 5.74) is 1.08. The van der Waals surface area contributed by atoms with Gasteiger partial charge in [0, 0.05) is 18.2 Å². The van der Waals surface area contributed by atoms with Crippen LogP contribution in [0, 0.1) is 5.82 Å². The number of nitrogens with one attached hydrogen (secondary N) is 1. The van der Waals surface area contributed by atoms with Crippen molar-refractivity contribution < 1.29 is 18.7 Å². The van der Waals surface area contributed by atoms with E-state index in [4.69, 9.17) is 9.47 Å². The van der Waals surface area contributed by atoms with Crippen LogP contribution in [0.1, 0.15) is 16.8 Å². The molecule has 0 bridgehead atoms. The molecule has 1 aromatic carbocycles. The molecule has 26 heavy (non-hydrogen) atoms. The number of aromatic nitrogens is 3. The van der Waals surface area contributed by atoms with Crippen molar-refractivity contribution in [3.63, 3.8) is 0 Å². The average molecular weight is 356 g/mol. The first kappa shape index (κ1) is 16.5. The first-order chi connectivity index (χ1) is 12.7. The lowest BCUT2D eigenvalue weighted by molar-refractivity contribution is -0.00290. The van der Waals surface area contributed by atoms with E-state index in [0.717, 1.165) is 0 Å². The highest BCUT2D eigenvalue weighted by Crippen LogP contribution is 2.19. The maximum atomic E-state index is 13.0. The quantitative estimate of drug-likeness (QED) is 0.772. The summed E-state index contributed by atoms with van der Waals surface area (Å²) in [6.07, 6.45) is 3.67. The van der Waals surface area contributed by atoms with Crippen LogP contribution in [0.5, 0.6) is 5.75 Å². The largest absolute Gasteiger partial charge is 0.488 e. The zero-order chi connectivity index (χ0) is 17.9. The SMILES string of the molecule is O=C(N[C@@H]1COCC[C@@H]1Oc1ccc(F)cc1)c1ccn2cnnc2c1. The highest BCUT2D eigenvalue weighted by Gasteiger charge is 2.29. The van der Waals surface area contributed by atoms with E-state index in [1.54, 1.807) is 41.2 Å². The van der Waals surface area contributed by atoms with Gasteiger partial charge in [-0.3, -0.25) is 9.20 Å². The van der Waals surface area contributed by atoms with Gasteiger partial charge in [-0.15, -0.1) is 10.2 Å². The number of hydrogen-bond donors (Lipinski definition) is 1. The highest BCUT2D eigenvalue weighted by atomic mass is 19.1. The van der Waals surface area contributed by atoms with Crippen molar-refractivity contribution in [1.29, 1.82) is 0 Å². The van der Waals surface area contributed by atoms with Gasteiger partial charge in [-0.25, -0.2) is 4.39 Å². The van der Waals surface area contributed by atoms with Gasteiger partial charge < -0.3 is 14.8 Å². The molecule has 134 valence electrons. The number of nitrogens with zero attached hydrogens (tertiary/aromatic N) is 3. The molecule has 3 heterocycles. The van der Waals surface area contributed by atoms with Crippen molar-refractivity contribution in [3.05, 3.63) is 60.3 Å². The molecular formula is C18H17FN4O3. The molecule has 7 nitrogen and oxygen atoms in total. The van der Waals surface area contributed by atoms with E-state index < -0.39 is 0 Å². The van der Waals surface area contributed by atoms with E-state index in [1.807, 2.05) is 0 Å². The van der Waals surface area contributed by atoms with E-state index in [0.29, 0.717) is 36.6 Å². The van der Waals surface area contributed by atoms with Crippen LogP contribution in [0.15, 0.2) is 48.9 Å². The molecule has 1 aliphatic heterocycles. The lowest BCUT2D eigenvalue weighted by atomic mass is 10.1. The molecule has 0 spiro atoms. The Morgan fingerprint density at radius 1 is 1.31 bits per heavy atom. The van der Waals surface area contributed by atoms with Crippen LogP contribution in [0.4, 0.5) is 4.39 Å². The van der Waals surface area contributed by atoms with Crippen molar-refractivity contribution in [1.82, 2.24) is 19.9 Å². The fourth-order valence-electron chi connectivity index (χ4n) is 2.89. The van der Waals surface area contributed by atoms with Gasteiger partial charge in [-0.05, 0) is 36.4 Å². The second-order valence-corrected chi connectivity index (χ2v) is 6.07. The third-order valence-corrected chi connectivity index (χ3v) is 4.27. The normalized spacial score (nSPS) is 20.0. The van der Waals surface area contributed by atoms with Crippen LogP contribution in [0.25, 0.3) is 5.65 Å². The number of pyridine rings is 1. The summed E-state index contributed by atoms with van der Waals surface area (Å²) in [6, 6.07) is 8.89. The van der Waals surface area contributed by atoms with Crippen LogP contribution in [-0.4, -0.2) is 45.9 Å². The Balaban J connectivity index is 1.47. The third-order valence-electron chi connectivity index (χ3n) is 4.27. The number of carbonyl (C=O) groups is 1. The second kappa shape index (κ2) is 7.09. The predicted octanol–water partition coefficient (Wildman–Crippen LogP) is 1.83. The van der Waals surface area contributed by atoms with E-state index in [1.165, 1.54) is 12.1 Å². The molecule has 1 amide bonds. The van der Waals surface area contributed by atoms with Crippen molar-refractivity contribution in [3.8, 4) is 5.75 Å².